The van der Waals surface area contributed by atoms with Crippen molar-refractivity contribution in [2.45, 2.75) is 32.6 Å². The quantitative estimate of drug-likeness (QED) is 0.781. The van der Waals surface area contributed by atoms with Gasteiger partial charge in [0.05, 0.1) is 6.42 Å². The third-order valence-corrected chi connectivity index (χ3v) is 3.43. The van der Waals surface area contributed by atoms with Crippen molar-refractivity contribution < 1.29 is 14.7 Å². The van der Waals surface area contributed by atoms with Gasteiger partial charge in [0.2, 0.25) is 0 Å². The average molecular weight is 271 g/mol. The third kappa shape index (κ3) is 4.70. The summed E-state index contributed by atoms with van der Waals surface area (Å²) in [5.41, 5.74) is -0.00260. The molecule has 0 radical (unpaired) electrons. The predicted molar refractivity (Wildman–Crippen MR) is 70.1 cm³/mol. The third-order valence-electron chi connectivity index (χ3n) is 2.09. The highest BCUT2D eigenvalue weighted by atomic mass is 32.1. The molecule has 0 saturated carbocycles. The number of aliphatic carboxylic acids is 1. The second-order valence-electron chi connectivity index (χ2n) is 4.80. The van der Waals surface area contributed by atoms with Crippen molar-refractivity contribution in [2.75, 3.05) is 11.9 Å². The first-order chi connectivity index (χ1) is 8.29. The Morgan fingerprint density at radius 2 is 2.11 bits per heavy atom. The molecule has 1 aromatic heterocycles. The van der Waals surface area contributed by atoms with Crippen molar-refractivity contribution in [2.24, 2.45) is 0 Å². The highest BCUT2D eigenvalue weighted by molar-refractivity contribution is 7.15. The molecule has 6 nitrogen and oxygen atoms in total. The molecule has 0 aliphatic heterocycles. The van der Waals surface area contributed by atoms with E-state index in [0.717, 1.165) is 4.88 Å². The Morgan fingerprint density at radius 3 is 2.61 bits per heavy atom. The number of carboxylic acid groups (broad SMARTS) is 1. The van der Waals surface area contributed by atoms with Crippen molar-refractivity contribution in [3.05, 3.63) is 11.1 Å². The Labute approximate surface area is 109 Å². The van der Waals surface area contributed by atoms with Gasteiger partial charge in [-0.1, -0.05) is 20.8 Å². The lowest BCUT2D eigenvalue weighted by atomic mass is 9.96. The Kier molecular flexibility index (Phi) is 4.66. The van der Waals surface area contributed by atoms with Gasteiger partial charge < -0.3 is 10.4 Å². The molecule has 0 aliphatic rings. The molecule has 1 aromatic rings. The minimum atomic E-state index is -0.945. The summed E-state index contributed by atoms with van der Waals surface area (Å²) in [7, 11) is 0. The summed E-state index contributed by atoms with van der Waals surface area (Å²) >= 11 is 1.41. The van der Waals surface area contributed by atoms with Gasteiger partial charge in [0.1, 0.15) is 0 Å². The van der Waals surface area contributed by atoms with E-state index in [4.69, 9.17) is 5.11 Å². The normalized spacial score (nSPS) is 11.1. The fourth-order valence-corrected chi connectivity index (χ4v) is 1.97. The Morgan fingerprint density at radius 1 is 1.44 bits per heavy atom. The van der Waals surface area contributed by atoms with Crippen LogP contribution in [-0.4, -0.2) is 28.6 Å². The van der Waals surface area contributed by atoms with Crippen LogP contribution in [0.3, 0.4) is 0 Å². The predicted octanol–water partition coefficient (Wildman–Crippen LogP) is 2.04. The summed E-state index contributed by atoms with van der Waals surface area (Å²) in [5, 5.41) is 14.0. The molecule has 7 heteroatoms. The molecule has 2 amide bonds. The SMILES string of the molecule is CC(C)(C)c1cnc(NC(=O)NCCC(=O)O)s1. The highest BCUT2D eigenvalue weighted by Gasteiger charge is 2.17. The maximum atomic E-state index is 11.4. The van der Waals surface area contributed by atoms with Crippen LogP contribution in [0.1, 0.15) is 32.1 Å². The van der Waals surface area contributed by atoms with E-state index in [0.29, 0.717) is 5.13 Å². The standard InChI is InChI=1S/C11H17N3O3S/c1-11(2,3)7-6-13-10(18-7)14-9(17)12-5-4-8(15)16/h6H,4-5H2,1-3H3,(H,15,16)(H2,12,13,14,17). The average Bonchev–Trinajstić information content (AvgIpc) is 2.64. The van der Waals surface area contributed by atoms with Crippen LogP contribution in [0, 0.1) is 0 Å². The van der Waals surface area contributed by atoms with E-state index in [2.05, 4.69) is 36.4 Å². The van der Waals surface area contributed by atoms with Crippen LogP contribution in [0.4, 0.5) is 9.93 Å². The number of carbonyl (C=O) groups excluding carboxylic acids is 1. The second-order valence-corrected chi connectivity index (χ2v) is 5.83. The van der Waals surface area contributed by atoms with E-state index in [1.807, 2.05) is 0 Å². The smallest absolute Gasteiger partial charge is 0.321 e. The minimum absolute atomic E-state index is 0.00260. The van der Waals surface area contributed by atoms with Gasteiger partial charge in [-0.25, -0.2) is 9.78 Å². The summed E-state index contributed by atoms with van der Waals surface area (Å²) in [5.74, 6) is -0.945. The van der Waals surface area contributed by atoms with Crippen LogP contribution in [-0.2, 0) is 10.2 Å². The van der Waals surface area contributed by atoms with Crippen LogP contribution < -0.4 is 10.6 Å². The van der Waals surface area contributed by atoms with Crippen LogP contribution >= 0.6 is 11.3 Å². The van der Waals surface area contributed by atoms with Gasteiger partial charge in [-0.15, -0.1) is 11.3 Å². The molecular formula is C11H17N3O3S. The molecular weight excluding hydrogens is 254 g/mol. The second kappa shape index (κ2) is 5.81. The summed E-state index contributed by atoms with van der Waals surface area (Å²) in [6, 6.07) is -0.439. The Bertz CT molecular complexity index is 437. The fraction of sp³-hybridized carbons (Fsp3) is 0.545. The molecule has 100 valence electrons. The lowest BCUT2D eigenvalue weighted by molar-refractivity contribution is -0.136. The first-order valence-corrected chi connectivity index (χ1v) is 6.33. The van der Waals surface area contributed by atoms with Crippen LogP contribution in [0.15, 0.2) is 6.20 Å². The van der Waals surface area contributed by atoms with E-state index in [1.54, 1.807) is 6.20 Å². The monoisotopic (exact) mass is 271 g/mol. The topological polar surface area (TPSA) is 91.3 Å². The van der Waals surface area contributed by atoms with E-state index >= 15 is 0 Å². The Balaban J connectivity index is 2.45. The van der Waals surface area contributed by atoms with Crippen LogP contribution in [0.25, 0.3) is 0 Å². The lowest BCUT2D eigenvalue weighted by Crippen LogP contribution is -2.30. The van der Waals surface area contributed by atoms with E-state index < -0.39 is 12.0 Å². The fourth-order valence-electron chi connectivity index (χ4n) is 1.10. The number of hydrogen-bond donors (Lipinski definition) is 3. The first-order valence-electron chi connectivity index (χ1n) is 5.52. The molecule has 0 fully saturated rings. The van der Waals surface area contributed by atoms with Crippen LogP contribution in [0.5, 0.6) is 0 Å². The Hall–Kier alpha value is -1.63. The number of thiazole rings is 1. The van der Waals surface area contributed by atoms with Gasteiger partial charge in [-0.2, -0.15) is 0 Å². The molecule has 3 N–H and O–H groups in total. The molecule has 0 spiro atoms. The number of amides is 2. The van der Waals surface area contributed by atoms with Gasteiger partial charge in [0.15, 0.2) is 5.13 Å². The number of anilines is 1. The molecule has 0 unspecified atom stereocenters. The molecule has 1 heterocycles. The van der Waals surface area contributed by atoms with Crippen molar-refractivity contribution in [1.82, 2.24) is 10.3 Å². The largest absolute Gasteiger partial charge is 0.481 e. The van der Waals surface area contributed by atoms with Crippen molar-refractivity contribution >= 4 is 28.5 Å². The van der Waals surface area contributed by atoms with Crippen molar-refractivity contribution in [3.63, 3.8) is 0 Å². The van der Waals surface area contributed by atoms with Gasteiger partial charge in [-0.3, -0.25) is 10.1 Å². The maximum Gasteiger partial charge on any atom is 0.321 e. The number of carboxylic acids is 1. The summed E-state index contributed by atoms with van der Waals surface area (Å²) in [6.07, 6.45) is 1.63. The number of urea groups is 1. The highest BCUT2D eigenvalue weighted by Crippen LogP contribution is 2.29. The molecule has 0 aliphatic carbocycles. The summed E-state index contributed by atoms with van der Waals surface area (Å²) in [6.45, 7) is 6.30. The zero-order valence-electron chi connectivity index (χ0n) is 10.6. The maximum absolute atomic E-state index is 11.4. The minimum Gasteiger partial charge on any atom is -0.481 e. The molecule has 1 rings (SSSR count). The van der Waals surface area contributed by atoms with Crippen molar-refractivity contribution in [1.29, 1.82) is 0 Å². The molecule has 0 bridgehead atoms. The van der Waals surface area contributed by atoms with Gasteiger partial charge in [0.25, 0.3) is 0 Å². The van der Waals surface area contributed by atoms with Crippen LogP contribution in [0.2, 0.25) is 0 Å². The van der Waals surface area contributed by atoms with E-state index in [9.17, 15) is 9.59 Å². The number of aromatic nitrogens is 1. The lowest BCUT2D eigenvalue weighted by Gasteiger charge is -2.14. The van der Waals surface area contributed by atoms with E-state index in [-0.39, 0.29) is 18.4 Å². The number of nitrogens with one attached hydrogen (secondary N) is 2. The summed E-state index contributed by atoms with van der Waals surface area (Å²) < 4.78 is 0. The van der Waals surface area contributed by atoms with Gasteiger partial charge in [0, 0.05) is 17.6 Å². The zero-order chi connectivity index (χ0) is 13.8. The summed E-state index contributed by atoms with van der Waals surface area (Å²) in [4.78, 5) is 26.8. The van der Waals surface area contributed by atoms with E-state index in [1.165, 1.54) is 11.3 Å². The number of carbonyl (C=O) groups is 2. The zero-order valence-corrected chi connectivity index (χ0v) is 11.4. The molecule has 0 aromatic carbocycles. The first kappa shape index (κ1) is 14.4. The van der Waals surface area contributed by atoms with Gasteiger partial charge in [-0.05, 0) is 5.41 Å². The van der Waals surface area contributed by atoms with Gasteiger partial charge >= 0.3 is 12.0 Å². The van der Waals surface area contributed by atoms with Crippen molar-refractivity contribution in [3.8, 4) is 0 Å². The number of hydrogen-bond acceptors (Lipinski definition) is 4. The molecule has 0 saturated heterocycles. The molecule has 18 heavy (non-hydrogen) atoms. The number of rotatable bonds is 4. The number of nitrogens with zero attached hydrogens (tertiary/aromatic N) is 1. The molecule has 0 atom stereocenters.